The van der Waals surface area contributed by atoms with Crippen LogP contribution < -0.4 is 20.4 Å². The van der Waals surface area contributed by atoms with E-state index in [0.29, 0.717) is 111 Å². The van der Waals surface area contributed by atoms with E-state index in [1.807, 2.05) is 64.1 Å². The normalized spacial score (nSPS) is 15.3. The van der Waals surface area contributed by atoms with Gasteiger partial charge < -0.3 is 25.5 Å². The summed E-state index contributed by atoms with van der Waals surface area (Å²) in [5.74, 6) is -1.96. The number of carbonyl (C=O) groups is 4. The first kappa shape index (κ1) is 55.4. The van der Waals surface area contributed by atoms with E-state index in [4.69, 9.17) is 61.4 Å². The molecule has 0 aliphatic carbocycles. The van der Waals surface area contributed by atoms with Gasteiger partial charge in [0.25, 0.3) is 23.6 Å². The summed E-state index contributed by atoms with van der Waals surface area (Å²) in [4.78, 5) is 65.0. The molecule has 3 unspecified atom stereocenters. The smallest absolute Gasteiger partial charge is 0.388 e. The molecule has 6 aromatic carbocycles. The molecule has 8 rings (SSSR count). The first-order valence-corrected chi connectivity index (χ1v) is 28.2. The zero-order valence-corrected chi connectivity index (χ0v) is 44.5. The minimum atomic E-state index is -2.81. The second kappa shape index (κ2) is 25.6. The summed E-state index contributed by atoms with van der Waals surface area (Å²) >= 11 is 26.9. The average Bonchev–Trinajstić information content (AvgIpc) is 3.59. The number of rotatable bonds is 8. The van der Waals surface area contributed by atoms with Crippen LogP contribution in [0.15, 0.2) is 121 Å². The molecule has 0 bridgehead atoms. The molecule has 71 heavy (non-hydrogen) atoms. The number of fused-ring (bicyclic) bond motifs is 2. The highest BCUT2D eigenvalue weighted by Crippen LogP contribution is 2.51. The molecule has 2 heterocycles. The van der Waals surface area contributed by atoms with Crippen molar-refractivity contribution in [1.29, 1.82) is 0 Å². The van der Waals surface area contributed by atoms with Gasteiger partial charge in [0, 0.05) is 78.1 Å². The van der Waals surface area contributed by atoms with Gasteiger partial charge in [-0.05, 0) is 161 Å². The lowest BCUT2D eigenvalue weighted by molar-refractivity contribution is 0.0978. The standard InChI is InChI=1S/C26H24ClN2O5P.C26H25ClN2O3.Cl3P/c1-16-6-3-4-7-20(16)25(30)28-19-10-11-21(17(2)14-19)26(31)29-13-5-8-24(34-35(32)33)22-15-18(27)9-12-23(22)29;1-16-6-3-4-7-20(16)25(31)28-19-10-11-21(17(2)14-19)26(32)29-13-5-8-24(30)22-15-18(27)9-12-23(22)29;1-4(2)3/h3-4,6-7,9-12,14-15,24H,5,8,13H2,1-2H3,(H-,28,30,31,32,33);3-4,6-7,9-12,14-15,24,30H,5,8,13H2,1-2H3,(H,28,31);/p+1. The van der Waals surface area contributed by atoms with E-state index in [0.717, 1.165) is 16.7 Å². The average molecular weight is 1100 g/mol. The highest BCUT2D eigenvalue weighted by atomic mass is 36.0. The van der Waals surface area contributed by atoms with E-state index < -0.39 is 26.4 Å². The van der Waals surface area contributed by atoms with Gasteiger partial charge in [-0.1, -0.05) is 93.3 Å². The minimum absolute atomic E-state index is 0.142. The van der Waals surface area contributed by atoms with Crippen molar-refractivity contribution in [2.24, 2.45) is 0 Å². The first-order chi connectivity index (χ1) is 33.8. The summed E-state index contributed by atoms with van der Waals surface area (Å²) in [7, 11) is -2.81. The molecule has 0 aromatic heterocycles. The number of aliphatic hydroxyl groups is 1. The van der Waals surface area contributed by atoms with E-state index in [1.54, 1.807) is 94.7 Å². The van der Waals surface area contributed by atoms with Crippen molar-refractivity contribution >= 4 is 118 Å². The number of benzene rings is 6. The van der Waals surface area contributed by atoms with Crippen LogP contribution in [0.5, 0.6) is 0 Å². The van der Waals surface area contributed by atoms with Crippen LogP contribution in [0.4, 0.5) is 22.7 Å². The van der Waals surface area contributed by atoms with Gasteiger partial charge in [0.1, 0.15) is 6.10 Å². The minimum Gasteiger partial charge on any atom is -0.388 e. The molecule has 0 saturated carbocycles. The van der Waals surface area contributed by atoms with Gasteiger partial charge >= 0.3 is 8.25 Å². The van der Waals surface area contributed by atoms with Crippen LogP contribution in [0.1, 0.15) is 113 Å². The van der Waals surface area contributed by atoms with Crippen LogP contribution in [0.25, 0.3) is 0 Å². The largest absolute Gasteiger partial charge is 0.695 e. The first-order valence-electron chi connectivity index (χ1n) is 22.3. The molecule has 370 valence electrons. The molecule has 2 aliphatic heterocycles. The van der Waals surface area contributed by atoms with Gasteiger partial charge in [-0.3, -0.25) is 19.2 Å². The van der Waals surface area contributed by atoms with Gasteiger partial charge in [-0.25, -0.2) is 0 Å². The van der Waals surface area contributed by atoms with Crippen molar-refractivity contribution in [1.82, 2.24) is 0 Å². The van der Waals surface area contributed by atoms with Crippen LogP contribution >= 0.6 is 71.2 Å². The van der Waals surface area contributed by atoms with Gasteiger partial charge in [-0.2, -0.15) is 0 Å². The maximum Gasteiger partial charge on any atom is 0.695 e. The van der Waals surface area contributed by atoms with E-state index in [9.17, 15) is 33.7 Å². The highest BCUT2D eigenvalue weighted by molar-refractivity contribution is 8.20. The Morgan fingerprint density at radius 3 is 1.45 bits per heavy atom. The van der Waals surface area contributed by atoms with E-state index in [2.05, 4.69) is 10.6 Å². The fourth-order valence-electron chi connectivity index (χ4n) is 8.44. The zero-order valence-electron chi connectivity index (χ0n) is 39.0. The number of nitrogens with zero attached hydrogens (tertiary/aromatic N) is 2. The highest BCUT2D eigenvalue weighted by Gasteiger charge is 2.34. The van der Waals surface area contributed by atoms with Gasteiger partial charge in [0.2, 0.25) is 0 Å². The SMILES string of the molecule is Cc1ccccc1C(=O)Nc1ccc(C(=O)N2CCCC(O)c3cc(Cl)ccc32)c(C)c1.Cc1ccccc1C(=O)Nc1ccc(C(=O)N2CCCC(O[P+](=O)O)c3cc(Cl)ccc32)c(C)c1.ClP(Cl)Cl. The summed E-state index contributed by atoms with van der Waals surface area (Å²) in [5, 5.41) is 17.3. The maximum atomic E-state index is 13.6. The molecule has 0 saturated heterocycles. The molecular weight excluding hydrogens is 1050 g/mol. The van der Waals surface area contributed by atoms with E-state index in [1.165, 1.54) is 0 Å². The third-order valence-corrected chi connectivity index (χ3v) is 12.8. The van der Waals surface area contributed by atoms with Gasteiger partial charge in [0.15, 0.2) is 5.98 Å². The fourth-order valence-corrected chi connectivity index (χ4v) is 9.24. The topological polar surface area (TPSA) is 166 Å². The number of aryl methyl sites for hydroxylation is 4. The van der Waals surface area contributed by atoms with Crippen molar-refractivity contribution < 1.29 is 38.3 Å². The molecule has 0 spiro atoms. The summed E-state index contributed by atoms with van der Waals surface area (Å²) in [6, 6.07) is 35.5. The molecule has 19 heteroatoms. The third-order valence-electron chi connectivity index (χ3n) is 11.9. The Balaban J connectivity index is 0.000000217. The number of hydrogen-bond acceptors (Lipinski definition) is 7. The van der Waals surface area contributed by atoms with Crippen LogP contribution in [-0.2, 0) is 9.09 Å². The van der Waals surface area contributed by atoms with Crippen LogP contribution in [0.2, 0.25) is 10.0 Å². The number of hydrogen-bond donors (Lipinski definition) is 4. The number of nitrogens with one attached hydrogen (secondary N) is 2. The summed E-state index contributed by atoms with van der Waals surface area (Å²) < 4.78 is 16.6. The van der Waals surface area contributed by atoms with Crippen LogP contribution in [0, 0.1) is 27.7 Å². The monoisotopic (exact) mass is 1100 g/mol. The Morgan fingerprint density at radius 2 is 1.01 bits per heavy atom. The van der Waals surface area contributed by atoms with Crippen molar-refractivity contribution in [3.63, 3.8) is 0 Å². The number of aliphatic hydroxyl groups excluding tert-OH is 1. The predicted molar refractivity (Wildman–Crippen MR) is 288 cm³/mol. The zero-order chi connectivity index (χ0) is 51.5. The van der Waals surface area contributed by atoms with E-state index in [-0.39, 0.29) is 23.6 Å². The second-order valence-electron chi connectivity index (χ2n) is 16.7. The van der Waals surface area contributed by atoms with Crippen molar-refractivity contribution in [3.05, 3.63) is 187 Å². The number of anilines is 4. The van der Waals surface area contributed by atoms with Crippen molar-refractivity contribution in [2.75, 3.05) is 33.5 Å². The lowest BCUT2D eigenvalue weighted by atomic mass is 10.0. The van der Waals surface area contributed by atoms with E-state index >= 15 is 0 Å². The quantitative estimate of drug-likeness (QED) is 0.109. The Morgan fingerprint density at radius 1 is 0.592 bits per heavy atom. The number of amides is 4. The van der Waals surface area contributed by atoms with Crippen molar-refractivity contribution in [2.45, 2.75) is 65.6 Å². The Hall–Kier alpha value is -4.94. The number of carbonyl (C=O) groups excluding carboxylic acids is 4. The van der Waals surface area contributed by atoms with Crippen LogP contribution in [-0.4, -0.2) is 46.7 Å². The summed E-state index contributed by atoms with van der Waals surface area (Å²) in [5.41, 5.74) is 9.26. The maximum absolute atomic E-state index is 13.6. The molecular formula is C52H50Cl5N4O8P2+. The Labute approximate surface area is 439 Å². The Kier molecular flexibility index (Phi) is 20.0. The molecule has 2 aliphatic rings. The molecule has 0 radical (unpaired) electrons. The predicted octanol–water partition coefficient (Wildman–Crippen LogP) is 15.0. The lowest BCUT2D eigenvalue weighted by Crippen LogP contribution is -2.32. The molecule has 4 amide bonds. The summed E-state index contributed by atoms with van der Waals surface area (Å²) in [6.45, 7) is 8.37. The molecule has 0 fully saturated rings. The van der Waals surface area contributed by atoms with Crippen molar-refractivity contribution in [3.8, 4) is 0 Å². The van der Waals surface area contributed by atoms with Gasteiger partial charge in [0.05, 0.1) is 11.8 Å². The second-order valence-corrected chi connectivity index (χ2v) is 23.3. The lowest BCUT2D eigenvalue weighted by Gasteiger charge is -2.24. The third kappa shape index (κ3) is 14.6. The number of halogens is 5. The van der Waals surface area contributed by atoms with Gasteiger partial charge in [-0.15, -0.1) is 9.42 Å². The Bertz CT molecular complexity index is 2960. The molecule has 12 nitrogen and oxygen atoms in total. The van der Waals surface area contributed by atoms with Crippen LogP contribution in [0.3, 0.4) is 0 Å². The summed E-state index contributed by atoms with van der Waals surface area (Å²) in [6.07, 6.45) is 1.01. The fraction of sp³-hybridized carbons (Fsp3) is 0.231. The molecule has 4 N–H and O–H groups in total. The molecule has 6 aromatic rings. The molecule has 3 atom stereocenters.